The van der Waals surface area contributed by atoms with Crippen LogP contribution in [0.15, 0.2) is 175 Å². The van der Waals surface area contributed by atoms with E-state index in [0.29, 0.717) is 17.6 Å². The zero-order valence-corrected chi connectivity index (χ0v) is 31.5. The molecule has 0 saturated carbocycles. The second-order valence-electron chi connectivity index (χ2n) is 14.7. The van der Waals surface area contributed by atoms with Crippen LogP contribution in [0.5, 0.6) is 0 Å². The summed E-state index contributed by atoms with van der Waals surface area (Å²) in [5.41, 5.74) is 8.62. The molecule has 0 unspecified atom stereocenters. The lowest BCUT2D eigenvalue weighted by Gasteiger charge is -2.11. The molecule has 0 aliphatic rings. The van der Waals surface area contributed by atoms with Gasteiger partial charge in [0.05, 0.1) is 33.1 Å². The van der Waals surface area contributed by atoms with Crippen molar-refractivity contribution in [3.63, 3.8) is 0 Å². The molecule has 8 heteroatoms. The molecule has 0 spiro atoms. The van der Waals surface area contributed by atoms with Gasteiger partial charge in [0.2, 0.25) is 5.95 Å². The van der Waals surface area contributed by atoms with E-state index in [1.165, 1.54) is 14.8 Å². The lowest BCUT2D eigenvalue weighted by Crippen LogP contribution is -2.06. The number of benzene rings is 7. The molecule has 0 radical (unpaired) electrons. The second-order valence-corrected chi connectivity index (χ2v) is 15.7. The molecule has 0 amide bonds. The van der Waals surface area contributed by atoms with E-state index in [9.17, 15) is 0 Å². The molecule has 7 aromatic carbocycles. The van der Waals surface area contributed by atoms with Crippen molar-refractivity contribution in [1.82, 2.24) is 29.1 Å². The van der Waals surface area contributed by atoms with Crippen LogP contribution in [0.4, 0.5) is 0 Å². The molecule has 58 heavy (non-hydrogen) atoms. The Morgan fingerprint density at radius 1 is 0.448 bits per heavy atom. The fourth-order valence-corrected chi connectivity index (χ4v) is 10.1. The van der Waals surface area contributed by atoms with E-state index in [2.05, 4.69) is 124 Å². The standard InChI is InChI=1S/C50H28N6OS/c1-2-12-29(13-3-1)48-52-49(54-50(53-48)56-40-19-9-4-14-31(40)35-23-24-36-33-16-6-10-20-43(33)57-46(36)45(35)56)30-22-25-41-37(26-30)32-15-5-8-18-39(32)55(41)42-28-51-27-38-34-17-7-11-21-44(34)58-47(38)42/h1-28H. The topological polar surface area (TPSA) is 74.6 Å². The van der Waals surface area contributed by atoms with E-state index in [-0.39, 0.29) is 0 Å². The van der Waals surface area contributed by atoms with Crippen LogP contribution in [0.2, 0.25) is 0 Å². The van der Waals surface area contributed by atoms with Crippen molar-refractivity contribution in [2.45, 2.75) is 0 Å². The van der Waals surface area contributed by atoms with Gasteiger partial charge in [-0.2, -0.15) is 9.97 Å². The highest BCUT2D eigenvalue weighted by Gasteiger charge is 2.23. The molecule has 0 bridgehead atoms. The van der Waals surface area contributed by atoms with Gasteiger partial charge in [-0.05, 0) is 48.5 Å². The molecule has 0 aliphatic carbocycles. The van der Waals surface area contributed by atoms with Crippen LogP contribution in [0, 0.1) is 0 Å². The van der Waals surface area contributed by atoms with Gasteiger partial charge in [0, 0.05) is 65.1 Å². The lowest BCUT2D eigenvalue weighted by molar-refractivity contribution is 0.670. The van der Waals surface area contributed by atoms with E-state index < -0.39 is 0 Å². The quantitative estimate of drug-likeness (QED) is 0.179. The summed E-state index contributed by atoms with van der Waals surface area (Å²) in [7, 11) is 0. The number of rotatable bonds is 4. The molecule has 270 valence electrons. The number of nitrogens with zero attached hydrogens (tertiary/aromatic N) is 6. The molecule has 13 aromatic rings. The number of hydrogen-bond donors (Lipinski definition) is 0. The first-order chi connectivity index (χ1) is 28.8. The summed E-state index contributed by atoms with van der Waals surface area (Å²) in [4.78, 5) is 20.5. The monoisotopic (exact) mass is 760 g/mol. The van der Waals surface area contributed by atoms with Crippen molar-refractivity contribution >= 4 is 97.1 Å². The Morgan fingerprint density at radius 2 is 1.10 bits per heavy atom. The maximum absolute atomic E-state index is 6.66. The highest BCUT2D eigenvalue weighted by Crippen LogP contribution is 2.42. The Labute approximate surface area is 333 Å². The van der Waals surface area contributed by atoms with Crippen LogP contribution < -0.4 is 0 Å². The summed E-state index contributed by atoms with van der Waals surface area (Å²) in [5.74, 6) is 1.69. The van der Waals surface area contributed by atoms with Crippen molar-refractivity contribution in [3.05, 3.63) is 170 Å². The summed E-state index contributed by atoms with van der Waals surface area (Å²) in [6, 6.07) is 54.8. The molecule has 0 atom stereocenters. The zero-order valence-electron chi connectivity index (χ0n) is 30.7. The largest absolute Gasteiger partial charge is 0.454 e. The Morgan fingerprint density at radius 3 is 1.95 bits per heavy atom. The van der Waals surface area contributed by atoms with Crippen LogP contribution in [-0.2, 0) is 0 Å². The Balaban J connectivity index is 1.08. The highest BCUT2D eigenvalue weighted by atomic mass is 32.1. The number of para-hydroxylation sites is 3. The molecule has 13 rings (SSSR count). The van der Waals surface area contributed by atoms with Crippen LogP contribution in [0.25, 0.3) is 120 Å². The SMILES string of the molecule is c1ccc(-c2nc(-c3ccc4c(c3)c3ccccc3n4-c3cncc4c3sc3ccccc34)nc(-n3c4ccccc4c4ccc5c6ccccc6oc5c43)n2)cc1. The Kier molecular flexibility index (Phi) is 6.47. The molecule has 0 N–H and O–H groups in total. The molecule has 7 nitrogen and oxygen atoms in total. The van der Waals surface area contributed by atoms with Gasteiger partial charge in [-0.15, -0.1) is 11.3 Å². The molecule has 0 fully saturated rings. The van der Waals surface area contributed by atoms with Crippen LogP contribution in [-0.4, -0.2) is 29.1 Å². The molecular weight excluding hydrogens is 733 g/mol. The third-order valence-corrected chi connectivity index (χ3v) is 12.7. The molecule has 0 aliphatic heterocycles. The zero-order chi connectivity index (χ0) is 37.9. The van der Waals surface area contributed by atoms with Crippen molar-refractivity contribution < 1.29 is 4.42 Å². The van der Waals surface area contributed by atoms with Crippen molar-refractivity contribution in [1.29, 1.82) is 0 Å². The highest BCUT2D eigenvalue weighted by molar-refractivity contribution is 7.26. The van der Waals surface area contributed by atoms with Crippen LogP contribution in [0.1, 0.15) is 0 Å². The molecule has 0 saturated heterocycles. The third kappa shape index (κ3) is 4.43. The first-order valence-corrected chi connectivity index (χ1v) is 20.0. The second kappa shape index (κ2) is 11.9. The maximum Gasteiger partial charge on any atom is 0.238 e. The maximum atomic E-state index is 6.66. The first-order valence-electron chi connectivity index (χ1n) is 19.2. The molecular formula is C50H28N6OS. The number of fused-ring (bicyclic) bond motifs is 13. The number of thiophene rings is 1. The smallest absolute Gasteiger partial charge is 0.238 e. The van der Waals surface area contributed by atoms with Crippen molar-refractivity contribution in [2.24, 2.45) is 0 Å². The summed E-state index contributed by atoms with van der Waals surface area (Å²) in [5, 5.41) is 8.93. The van der Waals surface area contributed by atoms with E-state index in [1.54, 1.807) is 0 Å². The van der Waals surface area contributed by atoms with Gasteiger partial charge in [0.1, 0.15) is 11.1 Å². The predicted molar refractivity (Wildman–Crippen MR) is 237 cm³/mol. The third-order valence-electron chi connectivity index (χ3n) is 11.5. The summed E-state index contributed by atoms with van der Waals surface area (Å²) < 4.78 is 13.6. The summed E-state index contributed by atoms with van der Waals surface area (Å²) in [6.07, 6.45) is 3.98. The van der Waals surface area contributed by atoms with Crippen LogP contribution in [0.3, 0.4) is 0 Å². The minimum absolute atomic E-state index is 0.521. The fourth-order valence-electron chi connectivity index (χ4n) is 8.90. The number of hydrogen-bond acceptors (Lipinski definition) is 6. The number of aromatic nitrogens is 6. The number of furan rings is 1. The van der Waals surface area contributed by atoms with Crippen LogP contribution >= 0.6 is 11.3 Å². The van der Waals surface area contributed by atoms with Gasteiger partial charge in [0.15, 0.2) is 17.2 Å². The molecule has 6 aromatic heterocycles. The van der Waals surface area contributed by atoms with Gasteiger partial charge in [-0.1, -0.05) is 109 Å². The van der Waals surface area contributed by atoms with Gasteiger partial charge in [-0.3, -0.25) is 9.55 Å². The van der Waals surface area contributed by atoms with Gasteiger partial charge >= 0.3 is 0 Å². The molecule has 6 heterocycles. The van der Waals surface area contributed by atoms with E-state index in [1.807, 2.05) is 66.2 Å². The normalized spacial score (nSPS) is 12.1. The Hall–Kier alpha value is -7.68. The fraction of sp³-hybridized carbons (Fsp3) is 0. The van der Waals surface area contributed by atoms with Gasteiger partial charge in [0.25, 0.3) is 0 Å². The van der Waals surface area contributed by atoms with E-state index in [4.69, 9.17) is 24.4 Å². The minimum Gasteiger partial charge on any atom is -0.454 e. The number of pyridine rings is 1. The van der Waals surface area contributed by atoms with Gasteiger partial charge < -0.3 is 8.98 Å². The van der Waals surface area contributed by atoms with Crippen molar-refractivity contribution in [3.8, 4) is 34.4 Å². The minimum atomic E-state index is 0.521. The average Bonchev–Trinajstić information content (AvgIpc) is 4.04. The lowest BCUT2D eigenvalue weighted by atomic mass is 10.1. The van der Waals surface area contributed by atoms with Crippen molar-refractivity contribution in [2.75, 3.05) is 0 Å². The van der Waals surface area contributed by atoms with E-state index in [0.717, 1.165) is 87.8 Å². The van der Waals surface area contributed by atoms with E-state index >= 15 is 0 Å². The van der Waals surface area contributed by atoms with Gasteiger partial charge in [-0.25, -0.2) is 4.98 Å². The average molecular weight is 761 g/mol. The predicted octanol–water partition coefficient (Wildman–Crippen LogP) is 13.1. The summed E-state index contributed by atoms with van der Waals surface area (Å²) >= 11 is 1.81. The first kappa shape index (κ1) is 31.5. The Bertz CT molecular complexity index is 3820. The summed E-state index contributed by atoms with van der Waals surface area (Å²) in [6.45, 7) is 0.